The molecule has 0 radical (unpaired) electrons. The normalized spacial score (nSPS) is 18.8. The number of rotatable bonds is 7. The summed E-state index contributed by atoms with van der Waals surface area (Å²) in [5.74, 6) is 1.67. The van der Waals surface area contributed by atoms with Crippen LogP contribution in [-0.4, -0.2) is 98.4 Å². The molecule has 10 heteroatoms. The molecule has 4 rings (SSSR count). The van der Waals surface area contributed by atoms with E-state index in [-0.39, 0.29) is 12.4 Å². The van der Waals surface area contributed by atoms with E-state index in [4.69, 9.17) is 5.11 Å². The lowest BCUT2D eigenvalue weighted by molar-refractivity contribution is 0.188. The highest BCUT2D eigenvalue weighted by Crippen LogP contribution is 2.20. The van der Waals surface area contributed by atoms with Crippen LogP contribution in [0.5, 0.6) is 0 Å². The summed E-state index contributed by atoms with van der Waals surface area (Å²) in [7, 11) is -3.34. The first-order valence-electron chi connectivity index (χ1n) is 11.1. The van der Waals surface area contributed by atoms with E-state index in [9.17, 15) is 8.42 Å². The van der Waals surface area contributed by atoms with Gasteiger partial charge in [-0.1, -0.05) is 29.8 Å². The van der Waals surface area contributed by atoms with Crippen LogP contribution >= 0.6 is 0 Å². The first kappa shape index (κ1) is 22.9. The topological polar surface area (TPSA) is 93.1 Å². The van der Waals surface area contributed by atoms with Gasteiger partial charge in [0.25, 0.3) is 0 Å². The van der Waals surface area contributed by atoms with Crippen LogP contribution < -0.4 is 9.80 Å². The van der Waals surface area contributed by atoms with Gasteiger partial charge in [0.1, 0.15) is 0 Å². The summed E-state index contributed by atoms with van der Waals surface area (Å²) >= 11 is 0. The molecule has 2 aliphatic rings. The zero-order chi connectivity index (χ0) is 22.6. The van der Waals surface area contributed by atoms with Crippen molar-refractivity contribution < 1.29 is 13.5 Å². The Morgan fingerprint density at radius 3 is 1.84 bits per heavy atom. The van der Waals surface area contributed by atoms with Crippen molar-refractivity contribution in [2.75, 3.05) is 75.3 Å². The first-order chi connectivity index (χ1) is 15.4. The number of sulfonamides is 1. The van der Waals surface area contributed by atoms with E-state index in [0.717, 1.165) is 48.9 Å². The van der Waals surface area contributed by atoms with Gasteiger partial charge < -0.3 is 14.9 Å². The fourth-order valence-corrected chi connectivity index (χ4v) is 5.69. The monoisotopic (exact) mass is 460 g/mol. The van der Waals surface area contributed by atoms with Crippen molar-refractivity contribution in [3.8, 4) is 0 Å². The number of hydrogen-bond donors (Lipinski definition) is 1. The minimum Gasteiger partial charge on any atom is -0.395 e. The summed E-state index contributed by atoms with van der Waals surface area (Å²) in [5.41, 5.74) is 1.94. The van der Waals surface area contributed by atoms with E-state index in [1.165, 1.54) is 0 Å². The highest BCUT2D eigenvalue weighted by Gasteiger charge is 2.28. The number of hydrogen-bond acceptors (Lipinski definition) is 8. The Balaban J connectivity index is 1.30. The van der Waals surface area contributed by atoms with Crippen LogP contribution in [0.25, 0.3) is 0 Å². The lowest BCUT2D eigenvalue weighted by Gasteiger charge is -2.36. The molecule has 174 valence electrons. The maximum absolute atomic E-state index is 12.8. The van der Waals surface area contributed by atoms with E-state index in [1.807, 2.05) is 43.3 Å². The fourth-order valence-electron chi connectivity index (χ4n) is 4.18. The van der Waals surface area contributed by atoms with E-state index in [0.29, 0.717) is 32.7 Å². The summed E-state index contributed by atoms with van der Waals surface area (Å²) in [6.07, 6.45) is 0. The quantitative estimate of drug-likeness (QED) is 0.641. The third kappa shape index (κ3) is 5.55. The van der Waals surface area contributed by atoms with Crippen molar-refractivity contribution in [3.05, 3.63) is 47.5 Å². The predicted octanol–water partition coefficient (Wildman–Crippen LogP) is 0.551. The van der Waals surface area contributed by atoms with Crippen LogP contribution in [0.3, 0.4) is 0 Å². The Hall–Kier alpha value is -2.27. The maximum Gasteiger partial charge on any atom is 0.218 e. The summed E-state index contributed by atoms with van der Waals surface area (Å²) in [4.78, 5) is 6.54. The zero-order valence-corrected chi connectivity index (χ0v) is 19.4. The largest absolute Gasteiger partial charge is 0.395 e. The van der Waals surface area contributed by atoms with Gasteiger partial charge in [0.2, 0.25) is 10.0 Å². The summed E-state index contributed by atoms with van der Waals surface area (Å²) in [6.45, 7) is 8.53. The third-order valence-electron chi connectivity index (χ3n) is 6.17. The molecule has 9 nitrogen and oxygen atoms in total. The van der Waals surface area contributed by atoms with Crippen LogP contribution in [0.2, 0.25) is 0 Å². The molecule has 0 bridgehead atoms. The minimum atomic E-state index is -3.34. The van der Waals surface area contributed by atoms with Crippen molar-refractivity contribution in [3.63, 3.8) is 0 Å². The molecule has 3 heterocycles. The predicted molar refractivity (Wildman–Crippen MR) is 125 cm³/mol. The Labute approximate surface area is 190 Å². The number of aryl methyl sites for hydroxylation is 1. The molecule has 1 aromatic heterocycles. The van der Waals surface area contributed by atoms with Crippen LogP contribution in [-0.2, 0) is 15.8 Å². The number of β-amino-alcohol motifs (C(OH)–C–C–N with tert-alkyl or cyclic N) is 1. The summed E-state index contributed by atoms with van der Waals surface area (Å²) in [5, 5.41) is 17.9. The molecule has 1 N–H and O–H groups in total. The molecule has 0 amide bonds. The van der Waals surface area contributed by atoms with Crippen molar-refractivity contribution >= 4 is 21.7 Å². The third-order valence-corrected chi connectivity index (χ3v) is 8.02. The minimum absolute atomic E-state index is 0.0351. The lowest BCUT2D eigenvalue weighted by Crippen LogP contribution is -2.49. The molecular formula is C22H32N6O3S. The van der Waals surface area contributed by atoms with Crippen molar-refractivity contribution in [2.24, 2.45) is 0 Å². The number of aliphatic hydroxyl groups is 1. The average Bonchev–Trinajstić information content (AvgIpc) is 2.81. The van der Waals surface area contributed by atoms with Crippen molar-refractivity contribution in [1.29, 1.82) is 0 Å². The molecule has 0 atom stereocenters. The first-order valence-corrected chi connectivity index (χ1v) is 12.8. The van der Waals surface area contributed by atoms with Gasteiger partial charge in [-0.25, -0.2) is 8.42 Å². The average molecular weight is 461 g/mol. The molecule has 1 aromatic carbocycles. The highest BCUT2D eigenvalue weighted by molar-refractivity contribution is 7.88. The Morgan fingerprint density at radius 1 is 0.812 bits per heavy atom. The van der Waals surface area contributed by atoms with E-state index >= 15 is 0 Å². The van der Waals surface area contributed by atoms with Gasteiger partial charge in [-0.15, -0.1) is 10.2 Å². The van der Waals surface area contributed by atoms with E-state index < -0.39 is 10.0 Å². The molecule has 2 aromatic rings. The second-order valence-corrected chi connectivity index (χ2v) is 10.4. The number of aliphatic hydroxyl groups excluding tert-OH is 1. The number of piperazine rings is 2. The molecule has 2 aliphatic heterocycles. The van der Waals surface area contributed by atoms with Gasteiger partial charge in [0, 0.05) is 58.9 Å². The van der Waals surface area contributed by atoms with Gasteiger partial charge in [-0.05, 0) is 24.6 Å². The molecule has 0 spiro atoms. The van der Waals surface area contributed by atoms with Crippen LogP contribution in [0.15, 0.2) is 36.4 Å². The van der Waals surface area contributed by atoms with Crippen LogP contribution in [0.1, 0.15) is 11.1 Å². The fraction of sp³-hybridized carbons (Fsp3) is 0.545. The molecule has 0 aliphatic carbocycles. The second kappa shape index (κ2) is 10.1. The van der Waals surface area contributed by atoms with Gasteiger partial charge in [-0.2, -0.15) is 4.31 Å². The Bertz CT molecular complexity index is 968. The number of nitrogens with zero attached hydrogens (tertiary/aromatic N) is 6. The maximum atomic E-state index is 12.8. The standard InChI is InChI=1S/C22H32N6O3S/c1-19-2-4-20(5-3-19)18-32(30,31)28-14-12-27(13-15-28)22-7-6-21(23-24-22)26-10-8-25(9-11-26)16-17-29/h2-7,29H,8-18H2,1H3. The summed E-state index contributed by atoms with van der Waals surface area (Å²) < 4.78 is 27.2. The van der Waals surface area contributed by atoms with Gasteiger partial charge in [0.15, 0.2) is 11.6 Å². The second-order valence-electron chi connectivity index (χ2n) is 8.43. The van der Waals surface area contributed by atoms with Gasteiger partial charge in [0.05, 0.1) is 12.4 Å². The van der Waals surface area contributed by atoms with Crippen molar-refractivity contribution in [2.45, 2.75) is 12.7 Å². The Kier molecular flexibility index (Phi) is 7.24. The molecule has 2 saturated heterocycles. The highest BCUT2D eigenvalue weighted by atomic mass is 32.2. The molecule has 2 fully saturated rings. The molecular weight excluding hydrogens is 428 g/mol. The van der Waals surface area contributed by atoms with Crippen LogP contribution in [0.4, 0.5) is 11.6 Å². The number of aromatic nitrogens is 2. The number of benzene rings is 1. The molecule has 32 heavy (non-hydrogen) atoms. The lowest BCUT2D eigenvalue weighted by atomic mass is 10.2. The van der Waals surface area contributed by atoms with Gasteiger partial charge >= 0.3 is 0 Å². The molecule has 0 saturated carbocycles. The smallest absolute Gasteiger partial charge is 0.218 e. The van der Waals surface area contributed by atoms with E-state index in [2.05, 4.69) is 24.9 Å². The van der Waals surface area contributed by atoms with Crippen LogP contribution in [0, 0.1) is 6.92 Å². The Morgan fingerprint density at radius 2 is 1.34 bits per heavy atom. The zero-order valence-electron chi connectivity index (χ0n) is 18.6. The SMILES string of the molecule is Cc1ccc(CS(=O)(=O)N2CCN(c3ccc(N4CCN(CCO)CC4)nn3)CC2)cc1. The van der Waals surface area contributed by atoms with Gasteiger partial charge in [-0.3, -0.25) is 4.90 Å². The van der Waals surface area contributed by atoms with Crippen molar-refractivity contribution in [1.82, 2.24) is 19.4 Å². The molecule has 0 unspecified atom stereocenters. The van der Waals surface area contributed by atoms with E-state index in [1.54, 1.807) is 4.31 Å². The number of anilines is 2. The summed E-state index contributed by atoms with van der Waals surface area (Å²) in [6, 6.07) is 11.6.